The van der Waals surface area contributed by atoms with Crippen molar-refractivity contribution in [3.05, 3.63) is 11.9 Å². The molecule has 1 aliphatic rings. The van der Waals surface area contributed by atoms with E-state index in [9.17, 15) is 0 Å². The molecule has 2 heterocycles. The van der Waals surface area contributed by atoms with Gasteiger partial charge in [0.2, 0.25) is 0 Å². The lowest BCUT2D eigenvalue weighted by molar-refractivity contribution is 0.786. The van der Waals surface area contributed by atoms with Gasteiger partial charge in [0.05, 0.1) is 0 Å². The lowest BCUT2D eigenvalue weighted by Crippen LogP contribution is -2.34. The van der Waals surface area contributed by atoms with Crippen molar-refractivity contribution in [1.29, 1.82) is 0 Å². The quantitative estimate of drug-likeness (QED) is 0.627. The summed E-state index contributed by atoms with van der Waals surface area (Å²) >= 11 is 1.99. The first-order valence-corrected chi connectivity index (χ1v) is 7.03. The number of aromatic nitrogens is 2. The van der Waals surface area contributed by atoms with Crippen LogP contribution in [0.4, 0.5) is 11.6 Å². The lowest BCUT2D eigenvalue weighted by atomic mass is 10.0. The van der Waals surface area contributed by atoms with Gasteiger partial charge in [-0.2, -0.15) is 11.8 Å². The Morgan fingerprint density at radius 3 is 2.65 bits per heavy atom. The maximum absolute atomic E-state index is 5.52. The number of hydrazine groups is 1. The van der Waals surface area contributed by atoms with Crippen molar-refractivity contribution >= 4 is 23.4 Å². The van der Waals surface area contributed by atoms with Crippen molar-refractivity contribution in [2.75, 3.05) is 34.9 Å². The number of hydrogen-bond acceptors (Lipinski definition) is 6. The molecule has 2 rings (SSSR count). The van der Waals surface area contributed by atoms with Crippen molar-refractivity contribution in [2.45, 2.75) is 19.8 Å². The molecule has 3 N–H and O–H groups in total. The van der Waals surface area contributed by atoms with Gasteiger partial charge in [-0.05, 0) is 5.92 Å². The molecule has 0 amide bonds. The second-order valence-corrected chi connectivity index (χ2v) is 5.58. The molecule has 1 aliphatic heterocycles. The highest BCUT2D eigenvalue weighted by Gasteiger charge is 2.20. The fourth-order valence-electron chi connectivity index (χ4n) is 2.06. The van der Waals surface area contributed by atoms with Gasteiger partial charge in [0.25, 0.3) is 0 Å². The SMILES string of the molecule is CC(C)c1c(NN)ncnc1N1CCSCC1. The van der Waals surface area contributed by atoms with Gasteiger partial charge >= 0.3 is 0 Å². The molecule has 1 aromatic rings. The number of nitrogens with zero attached hydrogens (tertiary/aromatic N) is 3. The van der Waals surface area contributed by atoms with Crippen LogP contribution in [0.15, 0.2) is 6.33 Å². The first kappa shape index (κ1) is 12.4. The Morgan fingerprint density at radius 2 is 2.06 bits per heavy atom. The van der Waals surface area contributed by atoms with Crippen LogP contribution < -0.4 is 16.2 Å². The van der Waals surface area contributed by atoms with Crippen molar-refractivity contribution in [3.63, 3.8) is 0 Å². The van der Waals surface area contributed by atoms with E-state index in [2.05, 4.69) is 34.1 Å². The summed E-state index contributed by atoms with van der Waals surface area (Å²) in [7, 11) is 0. The number of nitrogens with one attached hydrogen (secondary N) is 1. The molecule has 1 aromatic heterocycles. The molecule has 94 valence electrons. The van der Waals surface area contributed by atoms with Gasteiger partial charge in [0.15, 0.2) is 0 Å². The third-order valence-corrected chi connectivity index (χ3v) is 3.83. The number of anilines is 2. The summed E-state index contributed by atoms with van der Waals surface area (Å²) in [6.07, 6.45) is 1.58. The summed E-state index contributed by atoms with van der Waals surface area (Å²) in [5.41, 5.74) is 3.79. The standard InChI is InChI=1S/C11H19N5S/c1-8(2)9-10(15-12)13-7-14-11(9)16-3-5-17-6-4-16/h7-8H,3-6,12H2,1-2H3,(H,13,14,15). The van der Waals surface area contributed by atoms with Crippen LogP contribution in [0, 0.1) is 0 Å². The Balaban J connectivity index is 2.37. The fraction of sp³-hybridized carbons (Fsp3) is 0.636. The highest BCUT2D eigenvalue weighted by atomic mass is 32.2. The molecule has 0 aromatic carbocycles. The van der Waals surface area contributed by atoms with E-state index in [-0.39, 0.29) is 0 Å². The van der Waals surface area contributed by atoms with Gasteiger partial charge in [-0.1, -0.05) is 13.8 Å². The minimum Gasteiger partial charge on any atom is -0.355 e. The molecule has 0 aliphatic carbocycles. The Kier molecular flexibility index (Phi) is 4.06. The van der Waals surface area contributed by atoms with E-state index in [4.69, 9.17) is 5.84 Å². The summed E-state index contributed by atoms with van der Waals surface area (Å²) in [6.45, 7) is 6.38. The molecule has 0 atom stereocenters. The van der Waals surface area contributed by atoms with Crippen LogP contribution in [0.3, 0.4) is 0 Å². The summed E-state index contributed by atoms with van der Waals surface area (Å²) < 4.78 is 0. The van der Waals surface area contributed by atoms with E-state index < -0.39 is 0 Å². The monoisotopic (exact) mass is 253 g/mol. The van der Waals surface area contributed by atoms with Crippen molar-refractivity contribution < 1.29 is 0 Å². The van der Waals surface area contributed by atoms with Crippen molar-refractivity contribution in [1.82, 2.24) is 9.97 Å². The van der Waals surface area contributed by atoms with E-state index >= 15 is 0 Å². The number of thioether (sulfide) groups is 1. The molecule has 1 fully saturated rings. The topological polar surface area (TPSA) is 67.1 Å². The maximum Gasteiger partial charge on any atom is 0.148 e. The van der Waals surface area contributed by atoms with Crippen LogP contribution in [0.1, 0.15) is 25.3 Å². The molecular weight excluding hydrogens is 234 g/mol. The zero-order valence-electron chi connectivity index (χ0n) is 10.3. The third-order valence-electron chi connectivity index (χ3n) is 2.89. The van der Waals surface area contributed by atoms with E-state index in [0.29, 0.717) is 5.92 Å². The predicted octanol–water partition coefficient (Wildman–Crippen LogP) is 1.44. The zero-order chi connectivity index (χ0) is 12.3. The first-order chi connectivity index (χ1) is 8.24. The summed E-state index contributed by atoms with van der Waals surface area (Å²) in [5, 5.41) is 0. The van der Waals surface area contributed by atoms with Gasteiger partial charge in [-0.15, -0.1) is 0 Å². The van der Waals surface area contributed by atoms with Crippen molar-refractivity contribution in [3.8, 4) is 0 Å². The van der Waals surface area contributed by atoms with Crippen LogP contribution in [0.25, 0.3) is 0 Å². The normalized spacial score (nSPS) is 16.4. The van der Waals surface area contributed by atoms with Gasteiger partial charge < -0.3 is 10.3 Å². The second-order valence-electron chi connectivity index (χ2n) is 4.36. The molecule has 0 bridgehead atoms. The Labute approximate surface area is 106 Å². The number of nitrogen functional groups attached to an aromatic ring is 1. The minimum absolute atomic E-state index is 0.354. The molecule has 6 heteroatoms. The Bertz CT molecular complexity index is 376. The fourth-order valence-corrected chi connectivity index (χ4v) is 2.96. The van der Waals surface area contributed by atoms with Crippen LogP contribution in [0.2, 0.25) is 0 Å². The highest BCUT2D eigenvalue weighted by Crippen LogP contribution is 2.31. The van der Waals surface area contributed by atoms with E-state index in [0.717, 1.165) is 41.8 Å². The number of rotatable bonds is 3. The first-order valence-electron chi connectivity index (χ1n) is 5.88. The van der Waals surface area contributed by atoms with E-state index in [1.807, 2.05) is 11.8 Å². The molecule has 0 saturated carbocycles. The average Bonchev–Trinajstić information content (AvgIpc) is 2.38. The maximum atomic E-state index is 5.52. The smallest absolute Gasteiger partial charge is 0.148 e. The second kappa shape index (κ2) is 5.55. The van der Waals surface area contributed by atoms with Gasteiger partial charge in [0, 0.05) is 30.2 Å². The highest BCUT2D eigenvalue weighted by molar-refractivity contribution is 7.99. The molecule has 5 nitrogen and oxygen atoms in total. The molecular formula is C11H19N5S. The Hall–Kier alpha value is -1.01. The average molecular weight is 253 g/mol. The van der Waals surface area contributed by atoms with Crippen LogP contribution >= 0.6 is 11.8 Å². The molecule has 1 saturated heterocycles. The van der Waals surface area contributed by atoms with Crippen LogP contribution in [-0.4, -0.2) is 34.6 Å². The minimum atomic E-state index is 0.354. The molecule has 0 spiro atoms. The Morgan fingerprint density at radius 1 is 1.35 bits per heavy atom. The zero-order valence-corrected chi connectivity index (χ0v) is 11.1. The van der Waals surface area contributed by atoms with E-state index in [1.54, 1.807) is 6.33 Å². The summed E-state index contributed by atoms with van der Waals surface area (Å²) in [4.78, 5) is 11.0. The molecule has 17 heavy (non-hydrogen) atoms. The van der Waals surface area contributed by atoms with Gasteiger partial charge in [-0.25, -0.2) is 15.8 Å². The van der Waals surface area contributed by atoms with Gasteiger partial charge in [0.1, 0.15) is 18.0 Å². The summed E-state index contributed by atoms with van der Waals surface area (Å²) in [6, 6.07) is 0. The third kappa shape index (κ3) is 2.63. The lowest BCUT2D eigenvalue weighted by Gasteiger charge is -2.30. The van der Waals surface area contributed by atoms with Gasteiger partial charge in [-0.3, -0.25) is 0 Å². The molecule has 0 unspecified atom stereocenters. The van der Waals surface area contributed by atoms with E-state index in [1.165, 1.54) is 0 Å². The van der Waals surface area contributed by atoms with Crippen LogP contribution in [0.5, 0.6) is 0 Å². The largest absolute Gasteiger partial charge is 0.355 e. The van der Waals surface area contributed by atoms with Crippen molar-refractivity contribution in [2.24, 2.45) is 5.84 Å². The van der Waals surface area contributed by atoms with Crippen LogP contribution in [-0.2, 0) is 0 Å². The molecule has 0 radical (unpaired) electrons. The predicted molar refractivity (Wildman–Crippen MR) is 73.5 cm³/mol. The number of nitrogens with two attached hydrogens (primary N) is 1. The number of hydrogen-bond donors (Lipinski definition) is 2. The summed E-state index contributed by atoms with van der Waals surface area (Å²) in [5.74, 6) is 9.97.